The molecular weight excluding hydrogens is 200 g/mol. The lowest BCUT2D eigenvalue weighted by atomic mass is 10.1. The molecule has 0 radical (unpaired) electrons. The van der Waals surface area contributed by atoms with Crippen LogP contribution in [-0.2, 0) is 6.54 Å². The number of phenolic OH excluding ortho intramolecular Hbond substituents is 1. The number of aromatic nitrogens is 1. The predicted molar refractivity (Wildman–Crippen MR) is 65.7 cm³/mol. The molecule has 3 N–H and O–H groups in total. The zero-order chi connectivity index (χ0) is 11.5. The van der Waals surface area contributed by atoms with Crippen molar-refractivity contribution in [1.29, 1.82) is 0 Å². The van der Waals surface area contributed by atoms with Crippen molar-refractivity contribution in [2.75, 3.05) is 5.32 Å². The Hall–Kier alpha value is -1.90. The fourth-order valence-corrected chi connectivity index (χ4v) is 1.61. The summed E-state index contributed by atoms with van der Waals surface area (Å²) in [5.74, 6) is 0.352. The number of hydrogen-bond donors (Lipinski definition) is 3. The molecule has 1 aromatic carbocycles. The van der Waals surface area contributed by atoms with E-state index in [1.54, 1.807) is 6.07 Å². The van der Waals surface area contributed by atoms with Gasteiger partial charge in [-0.15, -0.1) is 0 Å². The number of aryl methyl sites for hydroxylation is 2. The summed E-state index contributed by atoms with van der Waals surface area (Å²) < 4.78 is 0. The highest BCUT2D eigenvalue weighted by Gasteiger charge is 2.00. The maximum atomic E-state index is 9.58. The lowest BCUT2D eigenvalue weighted by Crippen LogP contribution is -1.99. The summed E-state index contributed by atoms with van der Waals surface area (Å²) in [5, 5.41) is 12.9. The normalized spacial score (nSPS) is 10.4. The lowest BCUT2D eigenvalue weighted by Gasteiger charge is -2.07. The number of aromatic amines is 1. The Morgan fingerprint density at radius 1 is 1.25 bits per heavy atom. The van der Waals surface area contributed by atoms with Crippen LogP contribution < -0.4 is 5.32 Å². The zero-order valence-corrected chi connectivity index (χ0v) is 9.54. The van der Waals surface area contributed by atoms with Crippen LogP contribution in [0.1, 0.15) is 16.8 Å². The van der Waals surface area contributed by atoms with Crippen molar-refractivity contribution in [3.63, 3.8) is 0 Å². The third kappa shape index (κ3) is 2.19. The monoisotopic (exact) mass is 216 g/mol. The van der Waals surface area contributed by atoms with Crippen molar-refractivity contribution < 1.29 is 5.11 Å². The van der Waals surface area contributed by atoms with Gasteiger partial charge in [-0.3, -0.25) is 0 Å². The van der Waals surface area contributed by atoms with Crippen molar-refractivity contribution in [2.45, 2.75) is 20.4 Å². The number of H-pyrrole nitrogens is 1. The highest BCUT2D eigenvalue weighted by molar-refractivity contribution is 5.48. The van der Waals surface area contributed by atoms with E-state index in [9.17, 15) is 5.11 Å². The standard InChI is InChI=1S/C13H16N2O/c1-9-3-4-11(7-13(9)16)8-15-12-5-6-14-10(12)2/h3-7,14-16H,8H2,1-2H3. The molecule has 0 amide bonds. The topological polar surface area (TPSA) is 48.0 Å². The number of nitrogens with one attached hydrogen (secondary N) is 2. The molecule has 3 nitrogen and oxygen atoms in total. The van der Waals surface area contributed by atoms with E-state index in [2.05, 4.69) is 10.3 Å². The van der Waals surface area contributed by atoms with Gasteiger partial charge >= 0.3 is 0 Å². The van der Waals surface area contributed by atoms with E-state index in [0.29, 0.717) is 12.3 Å². The van der Waals surface area contributed by atoms with Gasteiger partial charge in [-0.1, -0.05) is 12.1 Å². The van der Waals surface area contributed by atoms with E-state index >= 15 is 0 Å². The summed E-state index contributed by atoms with van der Waals surface area (Å²) in [7, 11) is 0. The molecule has 2 rings (SSSR count). The molecule has 0 spiro atoms. The minimum atomic E-state index is 0.352. The van der Waals surface area contributed by atoms with Gasteiger partial charge in [0.2, 0.25) is 0 Å². The van der Waals surface area contributed by atoms with Crippen LogP contribution in [0.25, 0.3) is 0 Å². The maximum Gasteiger partial charge on any atom is 0.118 e. The number of anilines is 1. The van der Waals surface area contributed by atoms with Gasteiger partial charge < -0.3 is 15.4 Å². The van der Waals surface area contributed by atoms with Gasteiger partial charge in [-0.25, -0.2) is 0 Å². The Morgan fingerprint density at radius 2 is 2.06 bits per heavy atom. The smallest absolute Gasteiger partial charge is 0.118 e. The Balaban J connectivity index is 2.05. The largest absolute Gasteiger partial charge is 0.508 e. The van der Waals surface area contributed by atoms with E-state index in [4.69, 9.17) is 0 Å². The molecule has 3 heteroatoms. The third-order valence-corrected chi connectivity index (χ3v) is 2.71. The van der Waals surface area contributed by atoms with Crippen LogP contribution in [-0.4, -0.2) is 10.1 Å². The average molecular weight is 216 g/mol. The fourth-order valence-electron chi connectivity index (χ4n) is 1.61. The van der Waals surface area contributed by atoms with Crippen LogP contribution in [0.3, 0.4) is 0 Å². The Labute approximate surface area is 95.1 Å². The summed E-state index contributed by atoms with van der Waals surface area (Å²) in [6.07, 6.45) is 1.91. The Bertz CT molecular complexity index is 488. The number of aromatic hydroxyl groups is 1. The van der Waals surface area contributed by atoms with Crippen LogP contribution in [0.4, 0.5) is 5.69 Å². The molecule has 2 aromatic rings. The first-order valence-electron chi connectivity index (χ1n) is 5.33. The molecular formula is C13H16N2O. The molecule has 16 heavy (non-hydrogen) atoms. The van der Waals surface area contributed by atoms with E-state index in [1.165, 1.54) is 0 Å². The van der Waals surface area contributed by atoms with Gasteiger partial charge in [-0.05, 0) is 37.1 Å². The second-order valence-corrected chi connectivity index (χ2v) is 3.99. The van der Waals surface area contributed by atoms with Gasteiger partial charge in [-0.2, -0.15) is 0 Å². The summed E-state index contributed by atoms with van der Waals surface area (Å²) >= 11 is 0. The van der Waals surface area contributed by atoms with Gasteiger partial charge in [0.1, 0.15) is 5.75 Å². The molecule has 0 saturated carbocycles. The van der Waals surface area contributed by atoms with Crippen molar-refractivity contribution in [3.05, 3.63) is 47.3 Å². The van der Waals surface area contributed by atoms with Gasteiger partial charge in [0.15, 0.2) is 0 Å². The maximum absolute atomic E-state index is 9.58. The molecule has 1 aromatic heterocycles. The summed E-state index contributed by atoms with van der Waals surface area (Å²) in [6, 6.07) is 7.74. The highest BCUT2D eigenvalue weighted by atomic mass is 16.3. The number of phenols is 1. The molecule has 0 aliphatic rings. The zero-order valence-electron chi connectivity index (χ0n) is 9.54. The number of benzene rings is 1. The van der Waals surface area contributed by atoms with Crippen LogP contribution in [0.2, 0.25) is 0 Å². The quantitative estimate of drug-likeness (QED) is 0.738. The highest BCUT2D eigenvalue weighted by Crippen LogP contribution is 2.19. The molecule has 0 atom stereocenters. The van der Waals surface area contributed by atoms with Crippen LogP contribution in [0.5, 0.6) is 5.75 Å². The van der Waals surface area contributed by atoms with Gasteiger partial charge in [0, 0.05) is 18.4 Å². The second-order valence-electron chi connectivity index (χ2n) is 3.99. The van der Waals surface area contributed by atoms with E-state index in [1.807, 2.05) is 38.2 Å². The minimum Gasteiger partial charge on any atom is -0.508 e. The summed E-state index contributed by atoms with van der Waals surface area (Å²) in [6.45, 7) is 4.63. The van der Waals surface area contributed by atoms with Crippen molar-refractivity contribution in [3.8, 4) is 5.75 Å². The molecule has 0 aliphatic heterocycles. The molecule has 0 aliphatic carbocycles. The second kappa shape index (κ2) is 4.31. The molecule has 1 heterocycles. The minimum absolute atomic E-state index is 0.352. The van der Waals surface area contributed by atoms with E-state index < -0.39 is 0 Å². The number of rotatable bonds is 3. The average Bonchev–Trinajstić information content (AvgIpc) is 2.66. The van der Waals surface area contributed by atoms with Gasteiger partial charge in [0.25, 0.3) is 0 Å². The SMILES string of the molecule is Cc1ccc(CNc2cc[nH]c2C)cc1O. The van der Waals surface area contributed by atoms with Crippen LogP contribution >= 0.6 is 0 Å². The van der Waals surface area contributed by atoms with Crippen LogP contribution in [0, 0.1) is 13.8 Å². The summed E-state index contributed by atoms with van der Waals surface area (Å²) in [4.78, 5) is 3.11. The van der Waals surface area contributed by atoms with Crippen molar-refractivity contribution in [1.82, 2.24) is 4.98 Å². The Morgan fingerprint density at radius 3 is 2.69 bits per heavy atom. The van der Waals surface area contributed by atoms with Crippen LogP contribution in [0.15, 0.2) is 30.5 Å². The molecule has 0 saturated heterocycles. The van der Waals surface area contributed by atoms with E-state index in [-0.39, 0.29) is 0 Å². The number of hydrogen-bond acceptors (Lipinski definition) is 2. The predicted octanol–water partition coefficient (Wildman–Crippen LogP) is 2.95. The van der Waals surface area contributed by atoms with E-state index in [0.717, 1.165) is 22.5 Å². The fraction of sp³-hybridized carbons (Fsp3) is 0.231. The molecule has 0 unspecified atom stereocenters. The molecule has 0 fully saturated rings. The lowest BCUT2D eigenvalue weighted by molar-refractivity contribution is 0.470. The Kier molecular flexibility index (Phi) is 2.86. The summed E-state index contributed by atoms with van der Waals surface area (Å²) in [5.41, 5.74) is 4.20. The molecule has 0 bridgehead atoms. The molecule has 84 valence electrons. The van der Waals surface area contributed by atoms with Crippen molar-refractivity contribution in [2.24, 2.45) is 0 Å². The van der Waals surface area contributed by atoms with Crippen molar-refractivity contribution >= 4 is 5.69 Å². The first kappa shape index (κ1) is 10.6. The third-order valence-electron chi connectivity index (χ3n) is 2.71. The first-order valence-corrected chi connectivity index (χ1v) is 5.33. The van der Waals surface area contributed by atoms with Gasteiger partial charge in [0.05, 0.1) is 5.69 Å². The first-order chi connectivity index (χ1) is 7.66.